The molecule has 0 bridgehead atoms. The van der Waals surface area contributed by atoms with Crippen molar-refractivity contribution >= 4 is 38.6 Å². The van der Waals surface area contributed by atoms with Crippen LogP contribution >= 0.6 is 0 Å². The van der Waals surface area contributed by atoms with E-state index in [1.54, 1.807) is 0 Å². The average molecular weight is 448 g/mol. The van der Waals surface area contributed by atoms with Crippen molar-refractivity contribution in [1.82, 2.24) is 0 Å². The monoisotopic (exact) mass is 447 g/mol. The number of benzene rings is 5. The molecule has 0 radical (unpaired) electrons. The number of aryl methyl sites for hydroxylation is 2. The first-order valence-electron chi connectivity index (χ1n) is 12.2. The molecule has 5 aromatic carbocycles. The molecule has 35 heavy (non-hydrogen) atoms. The van der Waals surface area contributed by atoms with Gasteiger partial charge in [0.15, 0.2) is 6.20 Å². The van der Waals surface area contributed by atoms with Crippen LogP contribution in [0.3, 0.4) is 0 Å². The summed E-state index contributed by atoms with van der Waals surface area (Å²) in [6, 6.07) is 35.9. The predicted octanol–water partition coefficient (Wildman–Crippen LogP) is 8.22. The molecule has 0 N–H and O–H groups in total. The van der Waals surface area contributed by atoms with Crippen molar-refractivity contribution in [2.45, 2.75) is 6.92 Å². The Bertz CT molecular complexity index is 1870. The highest BCUT2D eigenvalue weighted by Gasteiger charge is 2.36. The first-order chi connectivity index (χ1) is 17.2. The first kappa shape index (κ1) is 18.9. The molecule has 0 spiro atoms. The zero-order chi connectivity index (χ0) is 23.3. The van der Waals surface area contributed by atoms with Crippen LogP contribution in [0.4, 0.5) is 17.1 Å². The molecule has 2 aliphatic heterocycles. The van der Waals surface area contributed by atoms with Gasteiger partial charge < -0.3 is 4.90 Å². The van der Waals surface area contributed by atoms with Crippen LogP contribution in [0.1, 0.15) is 5.56 Å². The standard InChI is InChI=1S/C33H23N2/c1-20-8-5-14-27-29(20)33-31-22(18-19-34(33)2)16-17-26-24-12-4-3-11-23(24)25-13-6-9-21-10-7-15-28(30(21)25)35(27)32(26)31/h3-19H,1-2H3/q+1. The lowest BCUT2D eigenvalue weighted by Crippen LogP contribution is -2.33. The van der Waals surface area contributed by atoms with Gasteiger partial charge in [-0.2, -0.15) is 0 Å². The number of anilines is 3. The van der Waals surface area contributed by atoms with E-state index in [9.17, 15) is 0 Å². The van der Waals surface area contributed by atoms with Crippen LogP contribution in [0.25, 0.3) is 55.1 Å². The van der Waals surface area contributed by atoms with Crippen LogP contribution in [0.5, 0.6) is 0 Å². The molecule has 0 saturated heterocycles. The highest BCUT2D eigenvalue weighted by Crippen LogP contribution is 2.57. The van der Waals surface area contributed by atoms with E-state index in [0.29, 0.717) is 0 Å². The van der Waals surface area contributed by atoms with Gasteiger partial charge in [-0.25, -0.2) is 4.57 Å². The van der Waals surface area contributed by atoms with Gasteiger partial charge in [-0.1, -0.05) is 78.9 Å². The Labute approximate surface area is 204 Å². The number of rotatable bonds is 0. The van der Waals surface area contributed by atoms with Crippen LogP contribution < -0.4 is 9.47 Å². The van der Waals surface area contributed by atoms with Gasteiger partial charge in [0.2, 0.25) is 5.69 Å². The van der Waals surface area contributed by atoms with Gasteiger partial charge in [0.05, 0.1) is 28.0 Å². The minimum absolute atomic E-state index is 1.24. The van der Waals surface area contributed by atoms with Crippen molar-refractivity contribution in [3.05, 3.63) is 109 Å². The number of aromatic nitrogens is 1. The Kier molecular flexibility index (Phi) is 3.56. The normalized spacial score (nSPS) is 12.8. The van der Waals surface area contributed by atoms with Gasteiger partial charge in [-0.05, 0) is 52.1 Å². The summed E-state index contributed by atoms with van der Waals surface area (Å²) >= 11 is 0. The lowest BCUT2D eigenvalue weighted by molar-refractivity contribution is -0.659. The molecule has 0 fully saturated rings. The second-order valence-electron chi connectivity index (χ2n) is 9.73. The smallest absolute Gasteiger partial charge is 0.224 e. The molecular formula is C33H23N2+. The second-order valence-corrected chi connectivity index (χ2v) is 9.73. The predicted molar refractivity (Wildman–Crippen MR) is 145 cm³/mol. The lowest BCUT2D eigenvalue weighted by Gasteiger charge is -2.36. The van der Waals surface area contributed by atoms with E-state index in [1.807, 2.05) is 0 Å². The number of fused-ring (bicyclic) bond motifs is 7. The maximum absolute atomic E-state index is 2.54. The molecule has 2 heteroatoms. The maximum atomic E-state index is 2.54. The van der Waals surface area contributed by atoms with Crippen molar-refractivity contribution in [3.8, 4) is 33.5 Å². The number of nitrogens with zero attached hydrogens (tertiary/aromatic N) is 2. The summed E-state index contributed by atoms with van der Waals surface area (Å²) in [5, 5.41) is 5.17. The van der Waals surface area contributed by atoms with Crippen LogP contribution in [0, 0.1) is 6.92 Å². The van der Waals surface area contributed by atoms with E-state index >= 15 is 0 Å². The van der Waals surface area contributed by atoms with Crippen molar-refractivity contribution < 1.29 is 4.57 Å². The molecule has 0 aliphatic carbocycles. The van der Waals surface area contributed by atoms with E-state index in [1.165, 1.54) is 77.7 Å². The Morgan fingerprint density at radius 2 is 1.26 bits per heavy atom. The van der Waals surface area contributed by atoms with E-state index in [2.05, 4.69) is 127 Å². The molecule has 1 aromatic heterocycles. The zero-order valence-corrected chi connectivity index (χ0v) is 19.7. The Morgan fingerprint density at radius 3 is 2.11 bits per heavy atom. The molecular weight excluding hydrogens is 424 g/mol. The van der Waals surface area contributed by atoms with Gasteiger partial charge in [0, 0.05) is 17.0 Å². The highest BCUT2D eigenvalue weighted by atomic mass is 15.2. The summed E-state index contributed by atoms with van der Waals surface area (Å²) in [6.45, 7) is 2.24. The second kappa shape index (κ2) is 6.58. The minimum Gasteiger partial charge on any atom is -0.307 e. The fraction of sp³-hybridized carbons (Fsp3) is 0.0606. The van der Waals surface area contributed by atoms with Crippen LogP contribution in [0.15, 0.2) is 103 Å². The summed E-state index contributed by atoms with van der Waals surface area (Å²) < 4.78 is 2.30. The van der Waals surface area contributed by atoms with Gasteiger partial charge in [0.1, 0.15) is 7.05 Å². The first-order valence-corrected chi connectivity index (χ1v) is 12.2. The third-order valence-corrected chi connectivity index (χ3v) is 7.86. The minimum atomic E-state index is 1.24. The topological polar surface area (TPSA) is 7.12 Å². The zero-order valence-electron chi connectivity index (χ0n) is 19.7. The van der Waals surface area contributed by atoms with Crippen molar-refractivity contribution in [2.24, 2.45) is 7.05 Å². The Balaban J connectivity index is 1.71. The summed E-state index contributed by atoms with van der Waals surface area (Å²) in [6.07, 6.45) is 2.20. The molecule has 2 aliphatic rings. The van der Waals surface area contributed by atoms with Crippen molar-refractivity contribution in [2.75, 3.05) is 4.90 Å². The fourth-order valence-corrected chi connectivity index (χ4v) is 6.39. The summed E-state index contributed by atoms with van der Waals surface area (Å²) in [4.78, 5) is 2.54. The van der Waals surface area contributed by atoms with Gasteiger partial charge in [-0.15, -0.1) is 0 Å². The Morgan fingerprint density at radius 1 is 0.571 bits per heavy atom. The molecule has 3 heterocycles. The van der Waals surface area contributed by atoms with Gasteiger partial charge in [0.25, 0.3) is 0 Å². The quantitative estimate of drug-likeness (QED) is 0.212. The van der Waals surface area contributed by atoms with E-state index in [4.69, 9.17) is 0 Å². The molecule has 2 nitrogen and oxygen atoms in total. The number of pyridine rings is 1. The highest BCUT2D eigenvalue weighted by molar-refractivity contribution is 6.21. The van der Waals surface area contributed by atoms with Gasteiger partial charge in [-0.3, -0.25) is 0 Å². The van der Waals surface area contributed by atoms with Crippen LogP contribution in [0.2, 0.25) is 0 Å². The third kappa shape index (κ3) is 2.31. The van der Waals surface area contributed by atoms with Crippen LogP contribution in [-0.4, -0.2) is 0 Å². The fourth-order valence-electron chi connectivity index (χ4n) is 6.39. The van der Waals surface area contributed by atoms with E-state index in [-0.39, 0.29) is 0 Å². The summed E-state index contributed by atoms with van der Waals surface area (Å²) in [5.41, 5.74) is 12.8. The molecule has 8 rings (SSSR count). The molecule has 0 unspecified atom stereocenters. The van der Waals surface area contributed by atoms with Crippen molar-refractivity contribution in [3.63, 3.8) is 0 Å². The maximum Gasteiger partial charge on any atom is 0.224 e. The van der Waals surface area contributed by atoms with E-state index in [0.717, 1.165) is 0 Å². The SMILES string of the molecule is Cc1cccc2c1-c1c3c4c(ccc3cc[n+]1C)-c1ccccc1-c1cccc3cccc(c13)N24. The Hall–Kier alpha value is -4.43. The largest absolute Gasteiger partial charge is 0.307 e. The van der Waals surface area contributed by atoms with Crippen LogP contribution in [-0.2, 0) is 7.05 Å². The summed E-state index contributed by atoms with van der Waals surface area (Å²) in [7, 11) is 2.17. The number of hydrogen-bond donors (Lipinski definition) is 0. The van der Waals surface area contributed by atoms with Gasteiger partial charge >= 0.3 is 0 Å². The average Bonchev–Trinajstić information content (AvgIpc) is 2.89. The summed E-state index contributed by atoms with van der Waals surface area (Å²) in [5.74, 6) is 0. The van der Waals surface area contributed by atoms with Crippen molar-refractivity contribution in [1.29, 1.82) is 0 Å². The third-order valence-electron chi connectivity index (χ3n) is 7.86. The lowest BCUT2D eigenvalue weighted by atomic mass is 9.83. The molecule has 0 saturated carbocycles. The molecule has 164 valence electrons. The molecule has 0 atom stereocenters. The van der Waals surface area contributed by atoms with E-state index < -0.39 is 0 Å². The molecule has 6 aromatic rings. The number of hydrogen-bond acceptors (Lipinski definition) is 1. The molecule has 0 amide bonds.